The van der Waals surface area contributed by atoms with Gasteiger partial charge >= 0.3 is 0 Å². The van der Waals surface area contributed by atoms with Crippen LogP contribution in [-0.4, -0.2) is 21.6 Å². The highest BCUT2D eigenvalue weighted by Gasteiger charge is 2.13. The number of nitrogens with two attached hydrogens (primary N) is 2. The number of hydrogen-bond acceptors (Lipinski definition) is 4. The Labute approximate surface area is 109 Å². The van der Waals surface area contributed by atoms with Gasteiger partial charge in [0.05, 0.1) is 6.20 Å². The van der Waals surface area contributed by atoms with Crippen LogP contribution in [0.3, 0.4) is 0 Å². The lowest BCUT2D eigenvalue weighted by Gasteiger charge is -2.05. The average molecular weight is 259 g/mol. The molecule has 98 valence electrons. The Morgan fingerprint density at radius 3 is 2.37 bits per heavy atom. The van der Waals surface area contributed by atoms with Crippen LogP contribution in [0.4, 0.5) is 11.5 Å². The number of aromatic nitrogens is 2. The molecule has 0 fully saturated rings. The molecule has 0 aliphatic heterocycles. The lowest BCUT2D eigenvalue weighted by Crippen LogP contribution is -2.14. The summed E-state index contributed by atoms with van der Waals surface area (Å²) >= 11 is 0. The van der Waals surface area contributed by atoms with E-state index in [1.165, 1.54) is 23.0 Å². The predicted molar refractivity (Wildman–Crippen MR) is 70.5 cm³/mol. The smallest absolute Gasteiger partial charge is 0.261 e. The van der Waals surface area contributed by atoms with Crippen LogP contribution in [0.5, 0.6) is 0 Å². The summed E-state index contributed by atoms with van der Waals surface area (Å²) in [5, 5.41) is 6.54. The van der Waals surface area contributed by atoms with Crippen LogP contribution in [-0.2, 0) is 7.05 Å². The highest BCUT2D eigenvalue weighted by atomic mass is 16.2. The summed E-state index contributed by atoms with van der Waals surface area (Å²) in [5.41, 5.74) is 12.0. The van der Waals surface area contributed by atoms with Gasteiger partial charge in [-0.1, -0.05) is 0 Å². The third kappa shape index (κ3) is 2.54. The number of nitrogen functional groups attached to an aromatic ring is 1. The molecule has 1 heterocycles. The van der Waals surface area contributed by atoms with Crippen molar-refractivity contribution >= 4 is 23.3 Å². The van der Waals surface area contributed by atoms with Crippen LogP contribution >= 0.6 is 0 Å². The van der Waals surface area contributed by atoms with Crippen molar-refractivity contribution in [3.8, 4) is 0 Å². The first-order valence-electron chi connectivity index (χ1n) is 5.47. The summed E-state index contributed by atoms with van der Waals surface area (Å²) in [4.78, 5) is 22.8. The largest absolute Gasteiger partial charge is 0.383 e. The molecule has 0 spiro atoms. The molecule has 0 unspecified atom stereocenters. The molecule has 0 saturated heterocycles. The zero-order valence-corrected chi connectivity index (χ0v) is 10.3. The maximum atomic E-state index is 11.9. The summed E-state index contributed by atoms with van der Waals surface area (Å²) in [6.45, 7) is 0. The monoisotopic (exact) mass is 259 g/mol. The maximum Gasteiger partial charge on any atom is 0.261 e. The van der Waals surface area contributed by atoms with E-state index in [4.69, 9.17) is 11.5 Å². The van der Waals surface area contributed by atoms with Crippen LogP contribution < -0.4 is 16.8 Å². The second-order valence-electron chi connectivity index (χ2n) is 3.96. The molecule has 1 aromatic carbocycles. The number of carbonyl (C=O) groups excluding carboxylic acids is 2. The van der Waals surface area contributed by atoms with Crippen molar-refractivity contribution in [1.82, 2.24) is 9.78 Å². The molecule has 1 aromatic heterocycles. The van der Waals surface area contributed by atoms with E-state index in [1.54, 1.807) is 19.2 Å². The van der Waals surface area contributed by atoms with E-state index in [-0.39, 0.29) is 11.7 Å². The van der Waals surface area contributed by atoms with Gasteiger partial charge in [-0.05, 0) is 24.3 Å². The third-order valence-corrected chi connectivity index (χ3v) is 2.66. The first-order valence-corrected chi connectivity index (χ1v) is 5.47. The standard InChI is InChI=1S/C12H13N5O2/c1-17-10(13)9(6-15-17)12(19)16-8-4-2-7(3-5-8)11(14)18/h2-6H,13H2,1H3,(H2,14,18)(H,16,19). The fourth-order valence-electron chi connectivity index (χ4n) is 1.54. The molecule has 7 nitrogen and oxygen atoms in total. The van der Waals surface area contributed by atoms with Crippen LogP contribution in [0.15, 0.2) is 30.5 Å². The van der Waals surface area contributed by atoms with E-state index in [0.29, 0.717) is 16.8 Å². The van der Waals surface area contributed by atoms with Gasteiger partial charge in [-0.2, -0.15) is 5.10 Å². The first-order chi connectivity index (χ1) is 8.99. The Bertz CT molecular complexity index is 630. The second kappa shape index (κ2) is 4.81. The topological polar surface area (TPSA) is 116 Å². The Morgan fingerprint density at radius 1 is 1.26 bits per heavy atom. The Kier molecular flexibility index (Phi) is 3.19. The molecule has 2 amide bonds. The molecular weight excluding hydrogens is 246 g/mol. The number of rotatable bonds is 3. The lowest BCUT2D eigenvalue weighted by molar-refractivity contribution is 0.0998. The van der Waals surface area contributed by atoms with Gasteiger partial charge in [-0.3, -0.25) is 14.3 Å². The van der Waals surface area contributed by atoms with Crippen molar-refractivity contribution in [2.45, 2.75) is 0 Å². The molecule has 0 radical (unpaired) electrons. The van der Waals surface area contributed by atoms with Crippen molar-refractivity contribution in [3.63, 3.8) is 0 Å². The van der Waals surface area contributed by atoms with E-state index in [0.717, 1.165) is 0 Å². The molecule has 7 heteroatoms. The van der Waals surface area contributed by atoms with Gasteiger partial charge in [0.25, 0.3) is 5.91 Å². The number of hydrogen-bond donors (Lipinski definition) is 3. The summed E-state index contributed by atoms with van der Waals surface area (Å²) in [6.07, 6.45) is 1.39. The second-order valence-corrected chi connectivity index (χ2v) is 3.96. The number of nitrogens with zero attached hydrogens (tertiary/aromatic N) is 2. The molecule has 0 aliphatic carbocycles. The van der Waals surface area contributed by atoms with Crippen molar-refractivity contribution in [1.29, 1.82) is 0 Å². The summed E-state index contributed by atoms with van der Waals surface area (Å²) in [5.74, 6) is -0.599. The van der Waals surface area contributed by atoms with Crippen LogP contribution in [0, 0.1) is 0 Å². The van der Waals surface area contributed by atoms with Gasteiger partial charge in [0.1, 0.15) is 11.4 Å². The van der Waals surface area contributed by atoms with Gasteiger partial charge in [0.2, 0.25) is 5.91 Å². The van der Waals surface area contributed by atoms with Gasteiger partial charge in [0.15, 0.2) is 0 Å². The highest BCUT2D eigenvalue weighted by Crippen LogP contribution is 2.14. The quantitative estimate of drug-likeness (QED) is 0.737. The fourth-order valence-corrected chi connectivity index (χ4v) is 1.54. The predicted octanol–water partition coefficient (Wildman–Crippen LogP) is 0.353. The van der Waals surface area contributed by atoms with Crippen LogP contribution in [0.2, 0.25) is 0 Å². The first kappa shape index (κ1) is 12.6. The van der Waals surface area contributed by atoms with Crippen molar-refractivity contribution < 1.29 is 9.59 Å². The van der Waals surface area contributed by atoms with Crippen LogP contribution in [0.25, 0.3) is 0 Å². The normalized spacial score (nSPS) is 10.2. The SMILES string of the molecule is Cn1ncc(C(=O)Nc2ccc(C(N)=O)cc2)c1N. The van der Waals surface area contributed by atoms with E-state index < -0.39 is 5.91 Å². The van der Waals surface area contributed by atoms with E-state index in [9.17, 15) is 9.59 Å². The molecular formula is C12H13N5O2. The lowest BCUT2D eigenvalue weighted by atomic mass is 10.2. The number of anilines is 2. The molecule has 19 heavy (non-hydrogen) atoms. The van der Waals surface area contributed by atoms with E-state index in [1.807, 2.05) is 0 Å². The molecule has 0 atom stereocenters. The minimum Gasteiger partial charge on any atom is -0.383 e. The average Bonchev–Trinajstić information content (AvgIpc) is 2.70. The Balaban J connectivity index is 2.15. The number of amides is 2. The van der Waals surface area contributed by atoms with Crippen molar-refractivity contribution in [2.24, 2.45) is 12.8 Å². The highest BCUT2D eigenvalue weighted by molar-refractivity contribution is 6.07. The number of benzene rings is 1. The molecule has 2 aromatic rings. The van der Waals surface area contributed by atoms with Gasteiger partial charge in [0, 0.05) is 18.3 Å². The molecule has 0 aliphatic rings. The number of carbonyl (C=O) groups is 2. The molecule has 0 bridgehead atoms. The Hall–Kier alpha value is -2.83. The minimum atomic E-state index is -0.519. The molecule has 0 saturated carbocycles. The maximum absolute atomic E-state index is 11.9. The number of aryl methyl sites for hydroxylation is 1. The minimum absolute atomic E-state index is 0.284. The summed E-state index contributed by atoms with van der Waals surface area (Å²) < 4.78 is 1.41. The van der Waals surface area contributed by atoms with E-state index in [2.05, 4.69) is 10.4 Å². The van der Waals surface area contributed by atoms with E-state index >= 15 is 0 Å². The zero-order chi connectivity index (χ0) is 14.0. The van der Waals surface area contributed by atoms with Crippen LogP contribution in [0.1, 0.15) is 20.7 Å². The molecule has 5 N–H and O–H groups in total. The molecule has 2 rings (SSSR count). The fraction of sp³-hybridized carbons (Fsp3) is 0.0833. The van der Waals surface area contributed by atoms with Gasteiger partial charge < -0.3 is 16.8 Å². The van der Waals surface area contributed by atoms with Gasteiger partial charge in [-0.15, -0.1) is 0 Å². The number of nitrogens with one attached hydrogen (secondary N) is 1. The summed E-state index contributed by atoms with van der Waals surface area (Å²) in [7, 11) is 1.65. The number of primary amides is 1. The van der Waals surface area contributed by atoms with Crippen molar-refractivity contribution in [3.05, 3.63) is 41.6 Å². The summed E-state index contributed by atoms with van der Waals surface area (Å²) in [6, 6.07) is 6.24. The van der Waals surface area contributed by atoms with Crippen molar-refractivity contribution in [2.75, 3.05) is 11.1 Å². The zero-order valence-electron chi connectivity index (χ0n) is 10.3. The Morgan fingerprint density at radius 2 is 1.89 bits per heavy atom. The third-order valence-electron chi connectivity index (χ3n) is 2.66. The van der Waals surface area contributed by atoms with Gasteiger partial charge in [-0.25, -0.2) is 0 Å².